The highest BCUT2D eigenvalue weighted by atomic mass is 16.2. The van der Waals surface area contributed by atoms with Crippen LogP contribution in [0.4, 0.5) is 0 Å². The normalized spacial score (nSPS) is 13.1. The number of aryl methyl sites for hydroxylation is 1. The molecule has 3 heteroatoms. The minimum atomic E-state index is -0.450. The number of hydrogen-bond acceptors (Lipinski definition) is 2. The molecule has 0 aliphatic carbocycles. The van der Waals surface area contributed by atoms with Crippen LogP contribution in [0.3, 0.4) is 0 Å². The number of rotatable bonds is 5. The molecule has 1 rings (SSSR count). The van der Waals surface area contributed by atoms with E-state index in [1.807, 2.05) is 39.0 Å². The van der Waals surface area contributed by atoms with Crippen molar-refractivity contribution in [2.24, 2.45) is 11.1 Å². The third-order valence-electron chi connectivity index (χ3n) is 3.00. The Morgan fingerprint density at radius 2 is 1.89 bits per heavy atom. The van der Waals surface area contributed by atoms with E-state index < -0.39 is 6.04 Å². The Morgan fingerprint density at radius 1 is 1.28 bits per heavy atom. The summed E-state index contributed by atoms with van der Waals surface area (Å²) in [6.07, 6.45) is 1.92. The fraction of sp³-hybridized carbons (Fsp3) is 0.533. The lowest BCUT2D eigenvalue weighted by atomic mass is 9.87. The van der Waals surface area contributed by atoms with Gasteiger partial charge in [-0.3, -0.25) is 4.79 Å². The lowest BCUT2D eigenvalue weighted by molar-refractivity contribution is -0.124. The van der Waals surface area contributed by atoms with E-state index in [4.69, 9.17) is 5.73 Å². The molecule has 1 aromatic rings. The summed E-state index contributed by atoms with van der Waals surface area (Å²) in [7, 11) is 0. The number of amides is 1. The first-order chi connectivity index (χ1) is 8.41. The summed E-state index contributed by atoms with van der Waals surface area (Å²) in [5.41, 5.74) is 6.98. The second-order valence-corrected chi connectivity index (χ2v) is 5.72. The van der Waals surface area contributed by atoms with Crippen molar-refractivity contribution >= 4 is 5.91 Å². The van der Waals surface area contributed by atoms with Gasteiger partial charge < -0.3 is 11.1 Å². The molecule has 1 aromatic carbocycles. The first-order valence-corrected chi connectivity index (χ1v) is 6.48. The molecule has 1 atom stereocenters. The monoisotopic (exact) mass is 248 g/mol. The molecule has 0 aliphatic heterocycles. The van der Waals surface area contributed by atoms with Crippen molar-refractivity contribution in [1.29, 1.82) is 0 Å². The molecule has 0 fully saturated rings. The van der Waals surface area contributed by atoms with Crippen molar-refractivity contribution in [3.05, 3.63) is 35.9 Å². The van der Waals surface area contributed by atoms with Crippen molar-refractivity contribution in [2.75, 3.05) is 6.54 Å². The summed E-state index contributed by atoms with van der Waals surface area (Å²) in [6.45, 7) is 6.60. The van der Waals surface area contributed by atoms with Gasteiger partial charge >= 0.3 is 0 Å². The smallest absolute Gasteiger partial charge is 0.237 e. The minimum absolute atomic E-state index is 0.0597. The average Bonchev–Trinajstić information content (AvgIpc) is 2.33. The Bertz CT molecular complexity index is 368. The van der Waals surface area contributed by atoms with Crippen molar-refractivity contribution in [1.82, 2.24) is 5.32 Å². The number of nitrogens with one attached hydrogen (secondary N) is 1. The first-order valence-electron chi connectivity index (χ1n) is 6.48. The van der Waals surface area contributed by atoms with E-state index in [1.165, 1.54) is 5.56 Å². The second-order valence-electron chi connectivity index (χ2n) is 5.72. The van der Waals surface area contributed by atoms with Crippen LogP contribution in [0.1, 0.15) is 32.8 Å². The first kappa shape index (κ1) is 14.7. The zero-order chi connectivity index (χ0) is 13.6. The van der Waals surface area contributed by atoms with Crippen molar-refractivity contribution in [3.63, 3.8) is 0 Å². The maximum absolute atomic E-state index is 11.8. The Morgan fingerprint density at radius 3 is 2.44 bits per heavy atom. The molecule has 0 bridgehead atoms. The van der Waals surface area contributed by atoms with Gasteiger partial charge in [-0.15, -0.1) is 0 Å². The van der Waals surface area contributed by atoms with Gasteiger partial charge in [-0.1, -0.05) is 51.1 Å². The van der Waals surface area contributed by atoms with Crippen LogP contribution < -0.4 is 11.1 Å². The predicted octanol–water partition coefficient (Wildman–Crippen LogP) is 2.11. The van der Waals surface area contributed by atoms with Gasteiger partial charge in [-0.2, -0.15) is 0 Å². The van der Waals surface area contributed by atoms with Crippen molar-refractivity contribution in [2.45, 2.75) is 39.7 Å². The van der Waals surface area contributed by atoms with Crippen LogP contribution in [0, 0.1) is 5.41 Å². The standard InChI is InChI=1S/C15H24N2O/c1-15(2,3)13(16)14(18)17-11-7-10-12-8-5-4-6-9-12/h4-6,8-9,13H,7,10-11,16H2,1-3H3,(H,17,18). The van der Waals surface area contributed by atoms with Crippen LogP contribution in [0.15, 0.2) is 30.3 Å². The zero-order valence-electron chi connectivity index (χ0n) is 11.6. The molecule has 3 N–H and O–H groups in total. The highest BCUT2D eigenvalue weighted by Crippen LogP contribution is 2.17. The van der Waals surface area contributed by atoms with E-state index in [0.29, 0.717) is 6.54 Å². The Hall–Kier alpha value is -1.35. The molecule has 0 radical (unpaired) electrons. The Kier molecular flexibility index (Phi) is 5.35. The van der Waals surface area contributed by atoms with Gasteiger partial charge in [-0.05, 0) is 23.8 Å². The van der Waals surface area contributed by atoms with E-state index in [-0.39, 0.29) is 11.3 Å². The van der Waals surface area contributed by atoms with Gasteiger partial charge in [0, 0.05) is 6.54 Å². The highest BCUT2D eigenvalue weighted by molar-refractivity contribution is 5.82. The molecular formula is C15H24N2O. The number of hydrogen-bond donors (Lipinski definition) is 2. The van der Waals surface area contributed by atoms with Gasteiger partial charge in [0.15, 0.2) is 0 Å². The van der Waals surface area contributed by atoms with E-state index in [9.17, 15) is 4.79 Å². The number of benzene rings is 1. The number of nitrogens with two attached hydrogens (primary N) is 1. The van der Waals surface area contributed by atoms with Crippen LogP contribution in [0.5, 0.6) is 0 Å². The summed E-state index contributed by atoms with van der Waals surface area (Å²) in [4.78, 5) is 11.8. The summed E-state index contributed by atoms with van der Waals surface area (Å²) < 4.78 is 0. The van der Waals surface area contributed by atoms with Gasteiger partial charge in [0.05, 0.1) is 6.04 Å². The van der Waals surface area contributed by atoms with Gasteiger partial charge in [0.1, 0.15) is 0 Å². The predicted molar refractivity (Wildman–Crippen MR) is 75.2 cm³/mol. The quantitative estimate of drug-likeness (QED) is 0.784. The molecule has 0 saturated heterocycles. The molecule has 18 heavy (non-hydrogen) atoms. The second kappa shape index (κ2) is 6.55. The molecule has 0 saturated carbocycles. The lowest BCUT2D eigenvalue weighted by Crippen LogP contribution is -2.48. The van der Waals surface area contributed by atoms with E-state index in [1.54, 1.807) is 0 Å². The molecule has 0 heterocycles. The third kappa shape index (κ3) is 4.88. The molecule has 100 valence electrons. The highest BCUT2D eigenvalue weighted by Gasteiger charge is 2.26. The van der Waals surface area contributed by atoms with E-state index >= 15 is 0 Å². The average molecular weight is 248 g/mol. The van der Waals surface area contributed by atoms with Gasteiger partial charge in [-0.25, -0.2) is 0 Å². The van der Waals surface area contributed by atoms with Gasteiger partial charge in [0.25, 0.3) is 0 Å². The van der Waals surface area contributed by atoms with Crippen LogP contribution in [0.2, 0.25) is 0 Å². The molecule has 3 nitrogen and oxygen atoms in total. The number of carbonyl (C=O) groups is 1. The summed E-state index contributed by atoms with van der Waals surface area (Å²) in [6, 6.07) is 9.82. The minimum Gasteiger partial charge on any atom is -0.355 e. The lowest BCUT2D eigenvalue weighted by Gasteiger charge is -2.25. The maximum Gasteiger partial charge on any atom is 0.237 e. The van der Waals surface area contributed by atoms with Crippen LogP contribution in [-0.2, 0) is 11.2 Å². The number of carbonyl (C=O) groups excluding carboxylic acids is 1. The Labute approximate surface area is 110 Å². The fourth-order valence-corrected chi connectivity index (χ4v) is 1.65. The maximum atomic E-state index is 11.8. The molecular weight excluding hydrogens is 224 g/mol. The fourth-order valence-electron chi connectivity index (χ4n) is 1.65. The zero-order valence-corrected chi connectivity index (χ0v) is 11.6. The molecule has 0 aromatic heterocycles. The summed E-state index contributed by atoms with van der Waals surface area (Å²) in [5.74, 6) is -0.0597. The third-order valence-corrected chi connectivity index (χ3v) is 3.00. The van der Waals surface area contributed by atoms with Crippen LogP contribution in [-0.4, -0.2) is 18.5 Å². The van der Waals surface area contributed by atoms with Crippen molar-refractivity contribution < 1.29 is 4.79 Å². The van der Waals surface area contributed by atoms with E-state index in [0.717, 1.165) is 12.8 Å². The van der Waals surface area contributed by atoms with Crippen LogP contribution in [0.25, 0.3) is 0 Å². The molecule has 0 aliphatic rings. The summed E-state index contributed by atoms with van der Waals surface area (Å²) in [5, 5.41) is 2.90. The van der Waals surface area contributed by atoms with Gasteiger partial charge in [0.2, 0.25) is 5.91 Å². The molecule has 0 spiro atoms. The Balaban J connectivity index is 2.24. The SMILES string of the molecule is CC(C)(C)C(N)C(=O)NCCCc1ccccc1. The molecule has 1 unspecified atom stereocenters. The van der Waals surface area contributed by atoms with E-state index in [2.05, 4.69) is 17.4 Å². The topological polar surface area (TPSA) is 55.1 Å². The van der Waals surface area contributed by atoms with Crippen LogP contribution >= 0.6 is 0 Å². The summed E-state index contributed by atoms with van der Waals surface area (Å²) >= 11 is 0. The van der Waals surface area contributed by atoms with Crippen molar-refractivity contribution in [3.8, 4) is 0 Å². The molecule has 1 amide bonds. The largest absolute Gasteiger partial charge is 0.355 e.